The van der Waals surface area contributed by atoms with E-state index in [-0.39, 0.29) is 24.2 Å². The molecule has 7 heteroatoms. The van der Waals surface area contributed by atoms with Crippen molar-refractivity contribution in [3.8, 4) is 0 Å². The molecule has 1 heterocycles. The fourth-order valence-corrected chi connectivity index (χ4v) is 3.48. The highest BCUT2D eigenvalue weighted by molar-refractivity contribution is 7.09. The Kier molecular flexibility index (Phi) is 9.10. The maximum absolute atomic E-state index is 13.2. The molecule has 2 aromatic rings. The molecular weight excluding hydrogens is 379 g/mol. The molecule has 2 amide bonds. The summed E-state index contributed by atoms with van der Waals surface area (Å²) < 4.78 is 18.3. The van der Waals surface area contributed by atoms with Crippen molar-refractivity contribution < 1.29 is 18.7 Å². The van der Waals surface area contributed by atoms with Crippen LogP contribution in [0.4, 0.5) is 4.39 Å². The van der Waals surface area contributed by atoms with E-state index in [1.165, 1.54) is 12.1 Å². The molecule has 1 aromatic carbocycles. The van der Waals surface area contributed by atoms with Gasteiger partial charge in [-0.05, 0) is 35.6 Å². The largest absolute Gasteiger partial charge is 0.383 e. The standard InChI is InChI=1S/C21H27FN2O3S/c1-3-5-20(25)23(11-12-27-2)16-21(26)24(15-19-6-4-13-28-19)14-17-7-9-18(22)10-8-17/h4,6-10,13H,3,5,11-12,14-16H2,1-2H3. The summed E-state index contributed by atoms with van der Waals surface area (Å²) in [7, 11) is 1.57. The minimum atomic E-state index is -0.309. The van der Waals surface area contributed by atoms with E-state index in [9.17, 15) is 14.0 Å². The van der Waals surface area contributed by atoms with Crippen molar-refractivity contribution in [1.29, 1.82) is 0 Å². The van der Waals surface area contributed by atoms with Crippen molar-refractivity contribution in [2.24, 2.45) is 0 Å². The van der Waals surface area contributed by atoms with Crippen molar-refractivity contribution in [3.63, 3.8) is 0 Å². The summed E-state index contributed by atoms with van der Waals surface area (Å²) in [6, 6.07) is 10.0. The van der Waals surface area contributed by atoms with Gasteiger partial charge in [0.2, 0.25) is 11.8 Å². The van der Waals surface area contributed by atoms with Crippen LogP contribution >= 0.6 is 11.3 Å². The molecule has 1 aromatic heterocycles. The highest BCUT2D eigenvalue weighted by atomic mass is 32.1. The second-order valence-electron chi connectivity index (χ2n) is 6.51. The van der Waals surface area contributed by atoms with Crippen LogP contribution in [0.5, 0.6) is 0 Å². The van der Waals surface area contributed by atoms with Crippen LogP contribution in [-0.2, 0) is 27.4 Å². The van der Waals surface area contributed by atoms with Gasteiger partial charge in [0.1, 0.15) is 5.82 Å². The number of thiophene rings is 1. The average molecular weight is 407 g/mol. The number of ether oxygens (including phenoxy) is 1. The molecule has 0 fully saturated rings. The van der Waals surface area contributed by atoms with Crippen LogP contribution in [0, 0.1) is 5.82 Å². The zero-order valence-electron chi connectivity index (χ0n) is 16.4. The summed E-state index contributed by atoms with van der Waals surface area (Å²) >= 11 is 1.57. The van der Waals surface area contributed by atoms with Crippen molar-refractivity contribution in [2.75, 3.05) is 26.8 Å². The molecule has 152 valence electrons. The third-order valence-electron chi connectivity index (χ3n) is 4.27. The molecule has 0 aliphatic carbocycles. The molecule has 0 radical (unpaired) electrons. The molecule has 0 N–H and O–H groups in total. The number of hydrogen-bond donors (Lipinski definition) is 0. The van der Waals surface area contributed by atoms with Gasteiger partial charge < -0.3 is 14.5 Å². The van der Waals surface area contributed by atoms with E-state index in [4.69, 9.17) is 4.74 Å². The molecule has 0 atom stereocenters. The third kappa shape index (κ3) is 7.05. The van der Waals surface area contributed by atoms with E-state index in [2.05, 4.69) is 0 Å². The molecule has 0 bridgehead atoms. The predicted octanol–water partition coefficient (Wildman–Crippen LogP) is 3.69. The number of hydrogen-bond acceptors (Lipinski definition) is 4. The molecule has 0 spiro atoms. The van der Waals surface area contributed by atoms with E-state index in [0.717, 1.165) is 16.9 Å². The monoisotopic (exact) mass is 406 g/mol. The lowest BCUT2D eigenvalue weighted by atomic mass is 10.2. The Hall–Kier alpha value is -2.25. The van der Waals surface area contributed by atoms with Gasteiger partial charge >= 0.3 is 0 Å². The number of carbonyl (C=O) groups is 2. The van der Waals surface area contributed by atoms with Gasteiger partial charge in [0.05, 0.1) is 19.7 Å². The number of rotatable bonds is 11. The summed E-state index contributed by atoms with van der Waals surface area (Å²) in [4.78, 5) is 29.7. The predicted molar refractivity (Wildman–Crippen MR) is 108 cm³/mol. The highest BCUT2D eigenvalue weighted by Crippen LogP contribution is 2.16. The minimum Gasteiger partial charge on any atom is -0.383 e. The fraction of sp³-hybridized carbons (Fsp3) is 0.429. The molecule has 0 aliphatic rings. The Labute approximate surface area is 169 Å². The number of carbonyl (C=O) groups excluding carboxylic acids is 2. The first-order chi connectivity index (χ1) is 13.5. The molecule has 28 heavy (non-hydrogen) atoms. The molecule has 0 saturated carbocycles. The molecule has 0 saturated heterocycles. The summed E-state index contributed by atoms with van der Waals surface area (Å²) in [6.07, 6.45) is 1.13. The second-order valence-corrected chi connectivity index (χ2v) is 7.55. The van der Waals surface area contributed by atoms with E-state index in [1.807, 2.05) is 24.4 Å². The van der Waals surface area contributed by atoms with Crippen LogP contribution in [0.3, 0.4) is 0 Å². The number of methoxy groups -OCH3 is 1. The van der Waals surface area contributed by atoms with Gasteiger partial charge in [-0.1, -0.05) is 25.1 Å². The number of benzene rings is 1. The lowest BCUT2D eigenvalue weighted by Crippen LogP contribution is -2.43. The summed E-state index contributed by atoms with van der Waals surface area (Å²) in [5.41, 5.74) is 0.842. The second kappa shape index (κ2) is 11.6. The summed E-state index contributed by atoms with van der Waals surface area (Å²) in [6.45, 7) is 3.52. The van der Waals surface area contributed by atoms with Gasteiger partial charge in [0, 0.05) is 31.5 Å². The normalized spacial score (nSPS) is 10.7. The number of nitrogens with zero attached hydrogens (tertiary/aromatic N) is 2. The average Bonchev–Trinajstić information content (AvgIpc) is 3.19. The maximum Gasteiger partial charge on any atom is 0.242 e. The van der Waals surface area contributed by atoms with Crippen molar-refractivity contribution in [1.82, 2.24) is 9.80 Å². The lowest BCUT2D eigenvalue weighted by molar-refractivity contribution is -0.141. The maximum atomic E-state index is 13.2. The quantitative estimate of drug-likeness (QED) is 0.572. The topological polar surface area (TPSA) is 49.9 Å². The number of halogens is 1. The molecule has 5 nitrogen and oxygen atoms in total. The van der Waals surface area contributed by atoms with Gasteiger partial charge in [-0.15, -0.1) is 11.3 Å². The first-order valence-electron chi connectivity index (χ1n) is 9.34. The molecule has 2 rings (SSSR count). The van der Waals surface area contributed by atoms with Crippen molar-refractivity contribution in [3.05, 3.63) is 58.0 Å². The van der Waals surface area contributed by atoms with Crippen LogP contribution in [0.1, 0.15) is 30.2 Å². The Morgan fingerprint density at radius 3 is 2.43 bits per heavy atom. The zero-order chi connectivity index (χ0) is 20.4. The molecular formula is C21H27FN2O3S. The van der Waals surface area contributed by atoms with Crippen LogP contribution in [0.15, 0.2) is 41.8 Å². The Morgan fingerprint density at radius 1 is 1.07 bits per heavy atom. The first-order valence-corrected chi connectivity index (χ1v) is 10.2. The summed E-state index contributed by atoms with van der Waals surface area (Å²) in [5, 5.41) is 1.96. The highest BCUT2D eigenvalue weighted by Gasteiger charge is 2.21. The third-order valence-corrected chi connectivity index (χ3v) is 5.14. The van der Waals surface area contributed by atoms with Gasteiger partial charge in [0.25, 0.3) is 0 Å². The van der Waals surface area contributed by atoms with E-state index in [0.29, 0.717) is 32.7 Å². The zero-order valence-corrected chi connectivity index (χ0v) is 17.2. The van der Waals surface area contributed by atoms with Gasteiger partial charge in [-0.2, -0.15) is 0 Å². The lowest BCUT2D eigenvalue weighted by Gasteiger charge is -2.27. The van der Waals surface area contributed by atoms with Gasteiger partial charge in [-0.3, -0.25) is 9.59 Å². The van der Waals surface area contributed by atoms with Crippen LogP contribution in [-0.4, -0.2) is 48.4 Å². The van der Waals surface area contributed by atoms with Crippen LogP contribution < -0.4 is 0 Å². The van der Waals surface area contributed by atoms with Crippen molar-refractivity contribution >= 4 is 23.2 Å². The Morgan fingerprint density at radius 2 is 1.82 bits per heavy atom. The van der Waals surface area contributed by atoms with Crippen molar-refractivity contribution in [2.45, 2.75) is 32.9 Å². The Bertz CT molecular complexity index is 735. The van der Waals surface area contributed by atoms with E-state index < -0.39 is 0 Å². The van der Waals surface area contributed by atoms with Gasteiger partial charge in [0.15, 0.2) is 0 Å². The smallest absolute Gasteiger partial charge is 0.242 e. The fourth-order valence-electron chi connectivity index (χ4n) is 2.76. The molecule has 0 aliphatic heterocycles. The summed E-state index contributed by atoms with van der Waals surface area (Å²) in [5.74, 6) is -0.500. The van der Waals surface area contributed by atoms with Gasteiger partial charge in [-0.25, -0.2) is 4.39 Å². The first kappa shape index (κ1) is 22.0. The van der Waals surface area contributed by atoms with E-state index >= 15 is 0 Å². The number of amides is 2. The Balaban J connectivity index is 2.13. The minimum absolute atomic E-state index is 0.00869. The van der Waals surface area contributed by atoms with E-state index in [1.54, 1.807) is 40.4 Å². The molecule has 0 unspecified atom stereocenters. The van der Waals surface area contributed by atoms with Crippen LogP contribution in [0.25, 0.3) is 0 Å². The van der Waals surface area contributed by atoms with Crippen LogP contribution in [0.2, 0.25) is 0 Å². The SMILES string of the molecule is CCCC(=O)N(CCOC)CC(=O)N(Cc1ccc(F)cc1)Cc1cccs1.